The van der Waals surface area contributed by atoms with Crippen LogP contribution < -0.4 is 0 Å². The number of benzene rings is 2. The van der Waals surface area contributed by atoms with Crippen molar-refractivity contribution in [1.82, 2.24) is 4.90 Å². The Morgan fingerprint density at radius 2 is 1.62 bits per heavy atom. The molecule has 0 radical (unpaired) electrons. The van der Waals surface area contributed by atoms with Gasteiger partial charge in [-0.05, 0) is 84.6 Å². The van der Waals surface area contributed by atoms with Gasteiger partial charge in [0.15, 0.2) is 0 Å². The van der Waals surface area contributed by atoms with E-state index in [1.54, 1.807) is 4.90 Å². The summed E-state index contributed by atoms with van der Waals surface area (Å²) in [6, 6.07) is 17.6. The summed E-state index contributed by atoms with van der Waals surface area (Å²) in [6.45, 7) is 13.9. The first-order chi connectivity index (χ1) is 15.8. The van der Waals surface area contributed by atoms with Gasteiger partial charge >= 0.3 is 6.09 Å². The van der Waals surface area contributed by atoms with E-state index in [4.69, 9.17) is 4.74 Å². The summed E-state index contributed by atoms with van der Waals surface area (Å²) in [5.41, 5.74) is 2.17. The van der Waals surface area contributed by atoms with E-state index < -0.39 is 21.3 Å². The summed E-state index contributed by atoms with van der Waals surface area (Å²) < 4.78 is 23.6. The Labute approximate surface area is 215 Å². The van der Waals surface area contributed by atoms with Crippen LogP contribution in [0.25, 0.3) is 0 Å². The molecule has 2 atom stereocenters. The van der Waals surface area contributed by atoms with E-state index in [9.17, 15) is 9.00 Å². The zero-order valence-electron chi connectivity index (χ0n) is 21.3. The van der Waals surface area contributed by atoms with Gasteiger partial charge in [0.1, 0.15) is 16.6 Å². The standard InChI is InChI=1S/C27H37BrN2O3S/c1-20(21-15-17-23(28)18-16-21)30(25(31)33-26(2,3)4)19-11-14-24(22-12-9-8-10-13-22)29-34(32)27(5,6)7/h8-10,12-13,15-18,20H,11,14,19H2,1-7H3/b29-24-/t20-,34?/m0/s1. The number of amides is 1. The molecule has 0 spiro atoms. The van der Waals surface area contributed by atoms with Crippen LogP contribution in [-0.4, -0.2) is 37.8 Å². The van der Waals surface area contributed by atoms with E-state index in [0.717, 1.165) is 21.3 Å². The fourth-order valence-electron chi connectivity index (χ4n) is 3.21. The minimum Gasteiger partial charge on any atom is -0.444 e. The van der Waals surface area contributed by atoms with Gasteiger partial charge in [0, 0.05) is 11.0 Å². The van der Waals surface area contributed by atoms with Crippen molar-refractivity contribution in [2.45, 2.75) is 77.7 Å². The molecule has 0 aliphatic carbocycles. The number of carbonyl (C=O) groups excluding carboxylic acids is 1. The van der Waals surface area contributed by atoms with Crippen molar-refractivity contribution >= 4 is 38.7 Å². The molecule has 2 aromatic rings. The molecule has 5 nitrogen and oxygen atoms in total. The fourth-order valence-corrected chi connectivity index (χ4v) is 4.15. The maximum Gasteiger partial charge on any atom is 0.410 e. The van der Waals surface area contributed by atoms with Crippen molar-refractivity contribution in [3.63, 3.8) is 0 Å². The first-order valence-corrected chi connectivity index (χ1v) is 13.5. The van der Waals surface area contributed by atoms with Crippen LogP contribution in [0.15, 0.2) is 63.5 Å². The summed E-state index contributed by atoms with van der Waals surface area (Å²) in [5, 5.41) is 0. The number of ether oxygens (including phenoxy) is 1. The SMILES string of the molecule is C[C@@H](c1ccc(Br)cc1)N(CCC/C(=N/S(=O)C(C)(C)C)c1ccccc1)C(=O)OC(C)(C)C. The van der Waals surface area contributed by atoms with E-state index in [-0.39, 0.29) is 12.1 Å². The number of carbonyl (C=O) groups is 1. The topological polar surface area (TPSA) is 59.0 Å². The Morgan fingerprint density at radius 3 is 2.15 bits per heavy atom. The molecule has 0 aliphatic rings. The monoisotopic (exact) mass is 548 g/mol. The molecule has 0 aliphatic heterocycles. The zero-order valence-corrected chi connectivity index (χ0v) is 23.7. The van der Waals surface area contributed by atoms with Gasteiger partial charge in [-0.2, -0.15) is 4.40 Å². The first-order valence-electron chi connectivity index (χ1n) is 11.6. The third kappa shape index (κ3) is 8.99. The highest BCUT2D eigenvalue weighted by Crippen LogP contribution is 2.25. The lowest BCUT2D eigenvalue weighted by atomic mass is 10.0. The van der Waals surface area contributed by atoms with Crippen LogP contribution in [-0.2, 0) is 15.7 Å². The summed E-state index contributed by atoms with van der Waals surface area (Å²) in [7, 11) is -1.37. The quantitative estimate of drug-likeness (QED) is 0.321. The molecule has 0 heterocycles. The summed E-state index contributed by atoms with van der Waals surface area (Å²) in [6.07, 6.45) is 0.910. The van der Waals surface area contributed by atoms with Gasteiger partial charge in [-0.25, -0.2) is 9.00 Å². The average molecular weight is 550 g/mol. The van der Waals surface area contributed by atoms with Crippen molar-refractivity contribution < 1.29 is 13.7 Å². The molecule has 7 heteroatoms. The number of hydrogen-bond donors (Lipinski definition) is 0. The van der Waals surface area contributed by atoms with Gasteiger partial charge in [0.2, 0.25) is 0 Å². The van der Waals surface area contributed by atoms with Gasteiger partial charge in [0.25, 0.3) is 0 Å². The van der Waals surface area contributed by atoms with E-state index in [1.165, 1.54) is 0 Å². The van der Waals surface area contributed by atoms with Crippen LogP contribution in [0.5, 0.6) is 0 Å². The maximum absolute atomic E-state index is 13.1. The predicted octanol–water partition coefficient (Wildman–Crippen LogP) is 7.48. The van der Waals surface area contributed by atoms with Crippen molar-refractivity contribution in [2.75, 3.05) is 6.54 Å². The molecule has 0 saturated heterocycles. The Kier molecular flexibility index (Phi) is 10.1. The highest BCUT2D eigenvalue weighted by molar-refractivity contribution is 9.10. The van der Waals surface area contributed by atoms with Crippen molar-refractivity contribution in [3.05, 3.63) is 70.2 Å². The third-order valence-corrected chi connectivity index (χ3v) is 7.05. The van der Waals surface area contributed by atoms with Crippen LogP contribution in [0.1, 0.15) is 78.5 Å². The molecule has 0 fully saturated rings. The van der Waals surface area contributed by atoms with Gasteiger partial charge in [-0.15, -0.1) is 0 Å². The summed E-state index contributed by atoms with van der Waals surface area (Å²) >= 11 is 3.47. The highest BCUT2D eigenvalue weighted by Gasteiger charge is 2.27. The average Bonchev–Trinajstić information content (AvgIpc) is 2.74. The molecule has 34 heavy (non-hydrogen) atoms. The predicted molar refractivity (Wildman–Crippen MR) is 146 cm³/mol. The molecule has 1 unspecified atom stereocenters. The van der Waals surface area contributed by atoms with Gasteiger partial charge in [-0.1, -0.05) is 58.4 Å². The van der Waals surface area contributed by atoms with Crippen LogP contribution in [0, 0.1) is 0 Å². The van der Waals surface area contributed by atoms with Gasteiger partial charge < -0.3 is 9.64 Å². The van der Waals surface area contributed by atoms with Crippen LogP contribution >= 0.6 is 15.9 Å². The number of rotatable bonds is 8. The number of nitrogens with zero attached hydrogens (tertiary/aromatic N) is 2. The second-order valence-electron chi connectivity index (χ2n) is 10.3. The lowest BCUT2D eigenvalue weighted by Gasteiger charge is -2.32. The lowest BCUT2D eigenvalue weighted by Crippen LogP contribution is -2.39. The molecular weight excluding hydrogens is 512 g/mol. The Hall–Kier alpha value is -1.99. The zero-order chi connectivity index (χ0) is 25.5. The van der Waals surface area contributed by atoms with Crippen LogP contribution in [0.3, 0.4) is 0 Å². The first kappa shape index (κ1) is 28.2. The van der Waals surface area contributed by atoms with Crippen LogP contribution in [0.4, 0.5) is 4.79 Å². The Bertz CT molecular complexity index is 993. The van der Waals surface area contributed by atoms with Crippen molar-refractivity contribution in [3.8, 4) is 0 Å². The van der Waals surface area contributed by atoms with E-state index in [1.807, 2.05) is 103 Å². The maximum atomic E-state index is 13.1. The molecule has 1 amide bonds. The minimum atomic E-state index is -1.37. The van der Waals surface area contributed by atoms with E-state index >= 15 is 0 Å². The Morgan fingerprint density at radius 1 is 1.03 bits per heavy atom. The molecular formula is C27H37BrN2O3S. The summed E-state index contributed by atoms with van der Waals surface area (Å²) in [4.78, 5) is 14.9. The Balaban J connectivity index is 2.25. The third-order valence-electron chi connectivity index (χ3n) is 5.08. The van der Waals surface area contributed by atoms with Crippen molar-refractivity contribution in [2.24, 2.45) is 4.40 Å². The number of hydrogen-bond acceptors (Lipinski definition) is 3. The normalized spacial score (nSPS) is 14.4. The number of halogens is 1. The van der Waals surface area contributed by atoms with E-state index in [0.29, 0.717) is 19.4 Å². The molecule has 2 aromatic carbocycles. The second-order valence-corrected chi connectivity index (χ2v) is 13.1. The van der Waals surface area contributed by atoms with Gasteiger partial charge in [-0.3, -0.25) is 0 Å². The highest BCUT2D eigenvalue weighted by atomic mass is 79.9. The molecule has 0 N–H and O–H groups in total. The molecule has 0 saturated carbocycles. The molecule has 0 bridgehead atoms. The smallest absolute Gasteiger partial charge is 0.410 e. The largest absolute Gasteiger partial charge is 0.444 e. The lowest BCUT2D eigenvalue weighted by molar-refractivity contribution is 0.0172. The molecule has 2 rings (SSSR count). The molecule has 0 aromatic heterocycles. The van der Waals surface area contributed by atoms with E-state index in [2.05, 4.69) is 20.3 Å². The summed E-state index contributed by atoms with van der Waals surface area (Å²) in [5.74, 6) is 0. The van der Waals surface area contributed by atoms with Crippen molar-refractivity contribution in [1.29, 1.82) is 0 Å². The molecule has 186 valence electrons. The fraction of sp³-hybridized carbons (Fsp3) is 0.481. The van der Waals surface area contributed by atoms with Crippen LogP contribution in [0.2, 0.25) is 0 Å². The minimum absolute atomic E-state index is 0.163. The second kappa shape index (κ2) is 12.1. The van der Waals surface area contributed by atoms with Gasteiger partial charge in [0.05, 0.1) is 16.5 Å².